The number of nitrogens with one attached hydrogen (secondary N) is 2. The quantitative estimate of drug-likeness (QED) is 0.862. The first-order valence-corrected chi connectivity index (χ1v) is 6.89. The third-order valence-electron chi connectivity index (χ3n) is 3.19. The summed E-state index contributed by atoms with van der Waals surface area (Å²) in [5.41, 5.74) is 0.412. The summed E-state index contributed by atoms with van der Waals surface area (Å²) in [6.45, 7) is 2.89. The van der Waals surface area contributed by atoms with Crippen LogP contribution in [0.5, 0.6) is 0 Å². The maximum atomic E-state index is 12.1. The topological polar surface area (TPSA) is 66.5 Å². The fourth-order valence-electron chi connectivity index (χ4n) is 2.04. The highest BCUT2D eigenvalue weighted by Crippen LogP contribution is 2.17. The van der Waals surface area contributed by atoms with Gasteiger partial charge in [0.25, 0.3) is 5.91 Å². The van der Waals surface area contributed by atoms with Gasteiger partial charge in [-0.05, 0) is 13.1 Å². The Labute approximate surface area is 123 Å². The molecule has 7 heteroatoms. The van der Waals surface area contributed by atoms with Gasteiger partial charge < -0.3 is 20.3 Å². The number of carbonyl (C=O) groups is 1. The smallest absolute Gasteiger partial charge is 0.253 e. The van der Waals surface area contributed by atoms with E-state index < -0.39 is 0 Å². The second-order valence-corrected chi connectivity index (χ2v) is 5.17. The second kappa shape index (κ2) is 6.88. The molecule has 1 unspecified atom stereocenters. The van der Waals surface area contributed by atoms with Gasteiger partial charge in [0.2, 0.25) is 0 Å². The van der Waals surface area contributed by atoms with Crippen LogP contribution in [0.3, 0.4) is 0 Å². The molecule has 0 saturated carbocycles. The molecule has 1 atom stereocenters. The molecule has 2 N–H and O–H groups in total. The summed E-state index contributed by atoms with van der Waals surface area (Å²) in [4.78, 5) is 18.4. The largest absolute Gasteiger partial charge is 0.374 e. The molecule has 2 heterocycles. The molecule has 110 valence electrons. The Kier molecular flexibility index (Phi) is 5.17. The summed E-state index contributed by atoms with van der Waals surface area (Å²) >= 11 is 6.00. The maximum absolute atomic E-state index is 12.1. The Morgan fingerprint density at radius 1 is 1.65 bits per heavy atom. The van der Waals surface area contributed by atoms with Gasteiger partial charge in [0.15, 0.2) is 0 Å². The normalized spacial score (nSPS) is 19.6. The van der Waals surface area contributed by atoms with Crippen LogP contribution in [0.4, 0.5) is 5.82 Å². The van der Waals surface area contributed by atoms with Crippen molar-refractivity contribution < 1.29 is 9.53 Å². The standard InChI is InChI=1S/C13H19ClN4O2/c1-15-12-5-10(11(14)7-16-12)13(19)17-6-9-8-18(2)3-4-20-9/h5,7,9H,3-4,6,8H2,1-2H3,(H,15,16)(H,17,19). The predicted octanol–water partition coefficient (Wildman–Crippen LogP) is 0.837. The lowest BCUT2D eigenvalue weighted by atomic mass is 10.2. The van der Waals surface area contributed by atoms with Gasteiger partial charge in [-0.15, -0.1) is 0 Å². The number of hydrogen-bond donors (Lipinski definition) is 2. The zero-order valence-electron chi connectivity index (χ0n) is 11.6. The van der Waals surface area contributed by atoms with Crippen LogP contribution >= 0.6 is 11.6 Å². The molecule has 1 fully saturated rings. The Balaban J connectivity index is 1.94. The van der Waals surface area contributed by atoms with E-state index in [2.05, 4.69) is 20.5 Å². The lowest BCUT2D eigenvalue weighted by Gasteiger charge is -2.30. The monoisotopic (exact) mass is 298 g/mol. The summed E-state index contributed by atoms with van der Waals surface area (Å²) in [5, 5.41) is 6.07. The zero-order chi connectivity index (χ0) is 14.5. The van der Waals surface area contributed by atoms with Crippen molar-refractivity contribution in [3.8, 4) is 0 Å². The number of aromatic nitrogens is 1. The number of anilines is 1. The lowest BCUT2D eigenvalue weighted by molar-refractivity contribution is -0.0175. The molecule has 0 aromatic carbocycles. The summed E-state index contributed by atoms with van der Waals surface area (Å²) < 4.78 is 5.60. The van der Waals surface area contributed by atoms with Gasteiger partial charge in [0.1, 0.15) is 5.82 Å². The third-order valence-corrected chi connectivity index (χ3v) is 3.49. The van der Waals surface area contributed by atoms with Gasteiger partial charge in [0, 0.05) is 32.9 Å². The molecule has 1 aliphatic heterocycles. The second-order valence-electron chi connectivity index (χ2n) is 4.76. The van der Waals surface area contributed by atoms with Crippen LogP contribution in [0.2, 0.25) is 5.02 Å². The molecule has 0 radical (unpaired) electrons. The van der Waals surface area contributed by atoms with Crippen LogP contribution in [0.25, 0.3) is 0 Å². The molecule has 20 heavy (non-hydrogen) atoms. The SMILES string of the molecule is CNc1cc(C(=O)NCC2CN(C)CCO2)c(Cl)cn1. The van der Waals surface area contributed by atoms with E-state index in [1.807, 2.05) is 7.05 Å². The highest BCUT2D eigenvalue weighted by molar-refractivity contribution is 6.33. The fraction of sp³-hybridized carbons (Fsp3) is 0.538. The molecule has 0 spiro atoms. The van der Waals surface area contributed by atoms with Crippen molar-refractivity contribution >= 4 is 23.3 Å². The Morgan fingerprint density at radius 2 is 2.45 bits per heavy atom. The fourth-order valence-corrected chi connectivity index (χ4v) is 2.23. The molecule has 1 aliphatic rings. The number of likely N-dealkylation sites (N-methyl/N-ethyl adjacent to an activating group) is 1. The molecule has 6 nitrogen and oxygen atoms in total. The molecular weight excluding hydrogens is 280 g/mol. The van der Waals surface area contributed by atoms with Crippen molar-refractivity contribution in [1.29, 1.82) is 0 Å². The van der Waals surface area contributed by atoms with Crippen LogP contribution < -0.4 is 10.6 Å². The number of halogens is 1. The molecule has 1 saturated heterocycles. The van der Waals surface area contributed by atoms with E-state index in [9.17, 15) is 4.79 Å². The van der Waals surface area contributed by atoms with Gasteiger partial charge in [-0.3, -0.25) is 4.79 Å². The number of amides is 1. The first-order chi connectivity index (χ1) is 9.60. The molecule has 1 aromatic rings. The van der Waals surface area contributed by atoms with Gasteiger partial charge in [-0.1, -0.05) is 11.6 Å². The van der Waals surface area contributed by atoms with Gasteiger partial charge >= 0.3 is 0 Å². The third kappa shape index (κ3) is 3.82. The minimum Gasteiger partial charge on any atom is -0.374 e. The van der Waals surface area contributed by atoms with Crippen molar-refractivity contribution in [3.05, 3.63) is 22.8 Å². The molecular formula is C13H19ClN4O2. The molecule has 0 aliphatic carbocycles. The number of carbonyl (C=O) groups excluding carboxylic acids is 1. The van der Waals surface area contributed by atoms with Crippen molar-refractivity contribution in [2.24, 2.45) is 0 Å². The van der Waals surface area contributed by atoms with Gasteiger partial charge in [-0.25, -0.2) is 4.98 Å². The van der Waals surface area contributed by atoms with E-state index in [-0.39, 0.29) is 12.0 Å². The first kappa shape index (κ1) is 15.0. The zero-order valence-corrected chi connectivity index (χ0v) is 12.4. The molecule has 2 rings (SSSR count). The average Bonchev–Trinajstić information content (AvgIpc) is 2.45. The lowest BCUT2D eigenvalue weighted by Crippen LogP contribution is -2.45. The molecule has 1 amide bonds. The number of hydrogen-bond acceptors (Lipinski definition) is 5. The van der Waals surface area contributed by atoms with Crippen LogP contribution in [0.15, 0.2) is 12.3 Å². The van der Waals surface area contributed by atoms with Crippen molar-refractivity contribution in [1.82, 2.24) is 15.2 Å². The van der Waals surface area contributed by atoms with E-state index in [0.29, 0.717) is 29.6 Å². The number of morpholine rings is 1. The van der Waals surface area contributed by atoms with Crippen molar-refractivity contribution in [2.45, 2.75) is 6.10 Å². The van der Waals surface area contributed by atoms with Gasteiger partial charge in [-0.2, -0.15) is 0 Å². The summed E-state index contributed by atoms with van der Waals surface area (Å²) in [5.74, 6) is 0.388. The van der Waals surface area contributed by atoms with Crippen LogP contribution in [-0.4, -0.2) is 62.2 Å². The Bertz CT molecular complexity index is 483. The number of rotatable bonds is 4. The van der Waals surface area contributed by atoms with E-state index in [4.69, 9.17) is 16.3 Å². The van der Waals surface area contributed by atoms with Crippen LogP contribution in [0, 0.1) is 0 Å². The molecule has 1 aromatic heterocycles. The van der Waals surface area contributed by atoms with Crippen LogP contribution in [0.1, 0.15) is 10.4 Å². The average molecular weight is 299 g/mol. The highest BCUT2D eigenvalue weighted by atomic mass is 35.5. The summed E-state index contributed by atoms with van der Waals surface area (Å²) in [7, 11) is 3.78. The Morgan fingerprint density at radius 3 is 3.15 bits per heavy atom. The van der Waals surface area contributed by atoms with E-state index in [1.54, 1.807) is 13.1 Å². The summed E-state index contributed by atoms with van der Waals surface area (Å²) in [6.07, 6.45) is 1.48. The van der Waals surface area contributed by atoms with Crippen molar-refractivity contribution in [3.63, 3.8) is 0 Å². The highest BCUT2D eigenvalue weighted by Gasteiger charge is 2.19. The predicted molar refractivity (Wildman–Crippen MR) is 78.4 cm³/mol. The van der Waals surface area contributed by atoms with Gasteiger partial charge in [0.05, 0.1) is 23.3 Å². The van der Waals surface area contributed by atoms with E-state index >= 15 is 0 Å². The molecule has 0 bridgehead atoms. The van der Waals surface area contributed by atoms with E-state index in [1.165, 1.54) is 6.20 Å². The minimum atomic E-state index is -0.217. The number of nitrogens with zero attached hydrogens (tertiary/aromatic N) is 2. The summed E-state index contributed by atoms with van der Waals surface area (Å²) in [6, 6.07) is 1.63. The maximum Gasteiger partial charge on any atom is 0.253 e. The first-order valence-electron chi connectivity index (χ1n) is 6.52. The van der Waals surface area contributed by atoms with Crippen LogP contribution in [-0.2, 0) is 4.74 Å². The van der Waals surface area contributed by atoms with Crippen molar-refractivity contribution in [2.75, 3.05) is 45.7 Å². The number of ether oxygens (including phenoxy) is 1. The van der Waals surface area contributed by atoms with E-state index in [0.717, 1.165) is 13.1 Å². The number of pyridine rings is 1. The Hall–Kier alpha value is -1.37. The minimum absolute atomic E-state index is 0.0158.